The zero-order valence-electron chi connectivity index (χ0n) is 16.5. The van der Waals surface area contributed by atoms with Crippen LogP contribution in [-0.4, -0.2) is 24.0 Å². The summed E-state index contributed by atoms with van der Waals surface area (Å²) in [6.07, 6.45) is 5.52. The number of hydrogen-bond acceptors (Lipinski definition) is 4. The van der Waals surface area contributed by atoms with Crippen molar-refractivity contribution in [1.82, 2.24) is 4.98 Å². The minimum absolute atomic E-state index is 0.179. The van der Waals surface area contributed by atoms with E-state index in [0.717, 1.165) is 37.2 Å². The molecule has 0 saturated carbocycles. The van der Waals surface area contributed by atoms with Gasteiger partial charge in [-0.2, -0.15) is 0 Å². The number of amides is 1. The summed E-state index contributed by atoms with van der Waals surface area (Å²) in [5.41, 5.74) is 2.13. The van der Waals surface area contributed by atoms with Crippen LogP contribution < -0.4 is 10.2 Å². The van der Waals surface area contributed by atoms with Crippen LogP contribution in [0.1, 0.15) is 31.6 Å². The molecule has 1 aliphatic rings. The van der Waals surface area contributed by atoms with E-state index < -0.39 is 0 Å². The first kappa shape index (κ1) is 20.4. The predicted octanol–water partition coefficient (Wildman–Crippen LogP) is 5.70. The molecule has 156 valence electrons. The summed E-state index contributed by atoms with van der Waals surface area (Å²) in [4.78, 5) is 19.0. The Hall–Kier alpha value is -2.86. The van der Waals surface area contributed by atoms with E-state index in [4.69, 9.17) is 16.0 Å². The van der Waals surface area contributed by atoms with Crippen LogP contribution in [0.5, 0.6) is 0 Å². The molecule has 1 saturated heterocycles. The molecule has 3 aromatic rings. The first-order valence-corrected chi connectivity index (χ1v) is 10.5. The molecule has 0 aliphatic carbocycles. The number of oxazole rings is 1. The third-order valence-electron chi connectivity index (χ3n) is 5.19. The maximum atomic E-state index is 13.8. The fraction of sp³-hybridized carbons (Fsp3) is 0.304. The van der Waals surface area contributed by atoms with Gasteiger partial charge in [-0.05, 0) is 49.6 Å². The number of nitrogens with one attached hydrogen (secondary N) is 1. The Morgan fingerprint density at radius 1 is 1.17 bits per heavy atom. The third kappa shape index (κ3) is 4.82. The number of piperidine rings is 1. The van der Waals surface area contributed by atoms with Crippen LogP contribution in [0.25, 0.3) is 11.3 Å². The van der Waals surface area contributed by atoms with E-state index in [2.05, 4.69) is 15.2 Å². The number of anilines is 2. The summed E-state index contributed by atoms with van der Waals surface area (Å²) < 4.78 is 19.6. The zero-order chi connectivity index (χ0) is 20.9. The lowest BCUT2D eigenvalue weighted by atomic mass is 10.1. The van der Waals surface area contributed by atoms with Crippen LogP contribution in [0.15, 0.2) is 53.1 Å². The van der Waals surface area contributed by atoms with Gasteiger partial charge in [0.15, 0.2) is 11.7 Å². The number of carbonyl (C=O) groups excluding carboxylic acids is 1. The van der Waals surface area contributed by atoms with E-state index in [9.17, 15) is 9.18 Å². The molecule has 1 N–H and O–H groups in total. The second kappa shape index (κ2) is 9.30. The average molecular weight is 428 g/mol. The highest BCUT2D eigenvalue weighted by molar-refractivity contribution is 6.33. The van der Waals surface area contributed by atoms with Gasteiger partial charge in [0.1, 0.15) is 5.82 Å². The van der Waals surface area contributed by atoms with Crippen LogP contribution in [0, 0.1) is 5.82 Å². The lowest BCUT2D eigenvalue weighted by molar-refractivity contribution is -0.116. The largest absolute Gasteiger partial charge is 0.441 e. The number of carbonyl (C=O) groups is 1. The Morgan fingerprint density at radius 2 is 1.97 bits per heavy atom. The van der Waals surface area contributed by atoms with E-state index in [1.54, 1.807) is 18.3 Å². The molecule has 0 atom stereocenters. The Bertz CT molecular complexity index is 1030. The minimum Gasteiger partial charge on any atom is -0.441 e. The van der Waals surface area contributed by atoms with Crippen molar-refractivity contribution in [2.24, 2.45) is 0 Å². The summed E-state index contributed by atoms with van der Waals surface area (Å²) in [7, 11) is 0. The van der Waals surface area contributed by atoms with Gasteiger partial charge in [0.05, 0.1) is 22.6 Å². The molecule has 0 spiro atoms. The fourth-order valence-electron chi connectivity index (χ4n) is 3.66. The summed E-state index contributed by atoms with van der Waals surface area (Å²) >= 11 is 6.19. The topological polar surface area (TPSA) is 58.4 Å². The highest BCUT2D eigenvalue weighted by Crippen LogP contribution is 2.30. The van der Waals surface area contributed by atoms with Crippen LogP contribution in [-0.2, 0) is 11.2 Å². The lowest BCUT2D eigenvalue weighted by Crippen LogP contribution is -2.30. The Labute approximate surface area is 179 Å². The van der Waals surface area contributed by atoms with Gasteiger partial charge in [-0.25, -0.2) is 9.37 Å². The number of hydrogen-bond donors (Lipinski definition) is 1. The summed E-state index contributed by atoms with van der Waals surface area (Å²) in [6, 6.07) is 11.9. The highest BCUT2D eigenvalue weighted by atomic mass is 35.5. The molecule has 0 radical (unpaired) electrons. The summed E-state index contributed by atoms with van der Waals surface area (Å²) in [5.74, 6) is 0.434. The Kier molecular flexibility index (Phi) is 6.33. The van der Waals surface area contributed by atoms with Gasteiger partial charge >= 0.3 is 0 Å². The van der Waals surface area contributed by atoms with Gasteiger partial charge in [0.25, 0.3) is 0 Å². The normalized spacial score (nSPS) is 14.0. The van der Waals surface area contributed by atoms with Crippen molar-refractivity contribution in [2.75, 3.05) is 23.3 Å². The lowest BCUT2D eigenvalue weighted by Gasteiger charge is -2.30. The molecule has 7 heteroatoms. The SMILES string of the molecule is O=C(CCc1ncc(-c2ccccc2Cl)o1)Nc1cc(F)ccc1N1CCCCC1. The molecular formula is C23H23ClFN3O2. The molecule has 30 heavy (non-hydrogen) atoms. The van der Waals surface area contributed by atoms with Crippen molar-refractivity contribution in [3.8, 4) is 11.3 Å². The number of benzene rings is 2. The van der Waals surface area contributed by atoms with E-state index in [0.29, 0.717) is 28.8 Å². The number of aryl methyl sites for hydroxylation is 1. The van der Waals surface area contributed by atoms with Crippen LogP contribution in [0.4, 0.5) is 15.8 Å². The monoisotopic (exact) mass is 427 g/mol. The maximum Gasteiger partial charge on any atom is 0.224 e. The van der Waals surface area contributed by atoms with Gasteiger partial charge in [0.2, 0.25) is 5.91 Å². The van der Waals surface area contributed by atoms with Crippen molar-refractivity contribution < 1.29 is 13.6 Å². The number of rotatable bonds is 6. The molecule has 1 aliphatic heterocycles. The quantitative estimate of drug-likeness (QED) is 0.548. The van der Waals surface area contributed by atoms with Gasteiger partial charge in [-0.15, -0.1) is 0 Å². The van der Waals surface area contributed by atoms with Crippen LogP contribution in [0.2, 0.25) is 5.02 Å². The van der Waals surface area contributed by atoms with E-state index >= 15 is 0 Å². The smallest absolute Gasteiger partial charge is 0.224 e. The maximum absolute atomic E-state index is 13.8. The van der Waals surface area contributed by atoms with E-state index in [-0.39, 0.29) is 18.1 Å². The fourth-order valence-corrected chi connectivity index (χ4v) is 3.89. The molecule has 0 unspecified atom stereocenters. The Morgan fingerprint density at radius 3 is 2.77 bits per heavy atom. The summed E-state index contributed by atoms with van der Waals surface area (Å²) in [5, 5.41) is 3.43. The molecule has 1 fully saturated rings. The summed E-state index contributed by atoms with van der Waals surface area (Å²) in [6.45, 7) is 1.82. The predicted molar refractivity (Wildman–Crippen MR) is 116 cm³/mol. The zero-order valence-corrected chi connectivity index (χ0v) is 17.3. The minimum atomic E-state index is -0.372. The first-order chi connectivity index (χ1) is 14.6. The molecule has 2 heterocycles. The average Bonchev–Trinajstić information content (AvgIpc) is 3.22. The van der Waals surface area contributed by atoms with Gasteiger partial charge in [0, 0.05) is 31.5 Å². The van der Waals surface area contributed by atoms with Crippen molar-refractivity contribution >= 4 is 28.9 Å². The third-order valence-corrected chi connectivity index (χ3v) is 5.52. The second-order valence-corrected chi connectivity index (χ2v) is 7.76. The van der Waals surface area contributed by atoms with Crippen LogP contribution >= 0.6 is 11.6 Å². The van der Waals surface area contributed by atoms with Crippen molar-refractivity contribution in [3.63, 3.8) is 0 Å². The standard InChI is InChI=1S/C23H23ClFN3O2/c24-18-7-3-2-6-17(18)21-15-26-23(30-21)11-10-22(29)27-19-14-16(25)8-9-20(19)28-12-4-1-5-13-28/h2-3,6-9,14-15H,1,4-5,10-13H2,(H,27,29). The van der Waals surface area contributed by atoms with E-state index in [1.807, 2.05) is 18.2 Å². The molecule has 5 nitrogen and oxygen atoms in total. The van der Waals surface area contributed by atoms with Crippen molar-refractivity contribution in [1.29, 1.82) is 0 Å². The molecule has 2 aromatic carbocycles. The number of aromatic nitrogens is 1. The van der Waals surface area contributed by atoms with Gasteiger partial charge in [-0.1, -0.05) is 23.7 Å². The van der Waals surface area contributed by atoms with Gasteiger partial charge < -0.3 is 14.6 Å². The van der Waals surface area contributed by atoms with Gasteiger partial charge in [-0.3, -0.25) is 4.79 Å². The van der Waals surface area contributed by atoms with Crippen molar-refractivity contribution in [2.45, 2.75) is 32.1 Å². The molecule has 0 bridgehead atoms. The first-order valence-electron chi connectivity index (χ1n) is 10.1. The Balaban J connectivity index is 1.40. The van der Waals surface area contributed by atoms with Crippen LogP contribution in [0.3, 0.4) is 0 Å². The molecule has 4 rings (SSSR count). The second-order valence-electron chi connectivity index (χ2n) is 7.36. The molecule has 1 amide bonds. The number of halogens is 2. The van der Waals surface area contributed by atoms with Crippen molar-refractivity contribution in [3.05, 3.63) is 65.4 Å². The number of nitrogens with zero attached hydrogens (tertiary/aromatic N) is 2. The highest BCUT2D eigenvalue weighted by Gasteiger charge is 2.17. The molecule has 1 aromatic heterocycles. The molecular weight excluding hydrogens is 405 g/mol. The van der Waals surface area contributed by atoms with E-state index in [1.165, 1.54) is 18.6 Å².